The number of hydrogen-bond acceptors (Lipinski definition) is 2. The highest BCUT2D eigenvalue weighted by molar-refractivity contribution is 6.30. The molecular formula is C18H13ClN2O. The van der Waals surface area contributed by atoms with Gasteiger partial charge in [0.15, 0.2) is 0 Å². The van der Waals surface area contributed by atoms with Crippen molar-refractivity contribution in [1.29, 1.82) is 0 Å². The van der Waals surface area contributed by atoms with Crippen LogP contribution in [-0.4, -0.2) is 12.1 Å². The number of halogens is 1. The van der Waals surface area contributed by atoms with Crippen LogP contribution in [0.25, 0.3) is 10.8 Å². The molecule has 3 nitrogen and oxygen atoms in total. The highest BCUT2D eigenvalue weighted by Gasteiger charge is 2.03. The van der Waals surface area contributed by atoms with E-state index in [0.717, 1.165) is 16.3 Å². The van der Waals surface area contributed by atoms with Crippen LogP contribution in [0, 0.1) is 0 Å². The first kappa shape index (κ1) is 14.3. The van der Waals surface area contributed by atoms with Gasteiger partial charge >= 0.3 is 0 Å². The minimum Gasteiger partial charge on any atom is -0.267 e. The quantitative estimate of drug-likeness (QED) is 0.570. The molecule has 1 amide bonds. The molecular weight excluding hydrogens is 296 g/mol. The van der Waals surface area contributed by atoms with Crippen LogP contribution in [0.4, 0.5) is 0 Å². The average Bonchev–Trinajstić information content (AvgIpc) is 2.55. The maximum Gasteiger partial charge on any atom is 0.271 e. The summed E-state index contributed by atoms with van der Waals surface area (Å²) in [7, 11) is 0. The van der Waals surface area contributed by atoms with Crippen molar-refractivity contribution in [1.82, 2.24) is 5.43 Å². The normalized spacial score (nSPS) is 11.0. The zero-order valence-electron chi connectivity index (χ0n) is 11.7. The molecule has 0 spiro atoms. The molecule has 0 unspecified atom stereocenters. The van der Waals surface area contributed by atoms with Crippen LogP contribution in [0.5, 0.6) is 0 Å². The van der Waals surface area contributed by atoms with E-state index in [1.54, 1.807) is 30.5 Å². The number of hydrogen-bond donors (Lipinski definition) is 1. The van der Waals surface area contributed by atoms with Crippen molar-refractivity contribution in [2.24, 2.45) is 5.10 Å². The Morgan fingerprint density at radius 1 is 0.955 bits per heavy atom. The second-order valence-corrected chi connectivity index (χ2v) is 5.21. The lowest BCUT2D eigenvalue weighted by Crippen LogP contribution is -2.17. The van der Waals surface area contributed by atoms with Crippen molar-refractivity contribution in [3.05, 3.63) is 82.9 Å². The van der Waals surface area contributed by atoms with Crippen LogP contribution in [0.15, 0.2) is 71.8 Å². The van der Waals surface area contributed by atoms with Crippen LogP contribution in [-0.2, 0) is 0 Å². The first-order chi connectivity index (χ1) is 10.7. The molecule has 0 aromatic heterocycles. The fraction of sp³-hybridized carbons (Fsp3) is 0. The molecule has 0 aliphatic rings. The predicted octanol–water partition coefficient (Wildman–Crippen LogP) is 4.26. The Kier molecular flexibility index (Phi) is 4.17. The van der Waals surface area contributed by atoms with E-state index in [0.29, 0.717) is 10.6 Å². The van der Waals surface area contributed by atoms with Gasteiger partial charge < -0.3 is 0 Å². The van der Waals surface area contributed by atoms with Crippen molar-refractivity contribution >= 4 is 34.5 Å². The summed E-state index contributed by atoms with van der Waals surface area (Å²) in [6, 6.07) is 20.7. The molecule has 0 fully saturated rings. The van der Waals surface area contributed by atoms with E-state index in [2.05, 4.69) is 10.5 Å². The minimum absolute atomic E-state index is 0.270. The van der Waals surface area contributed by atoms with Crippen molar-refractivity contribution in [2.75, 3.05) is 0 Å². The number of benzene rings is 3. The number of fused-ring (bicyclic) bond motifs is 1. The Morgan fingerprint density at radius 3 is 2.50 bits per heavy atom. The van der Waals surface area contributed by atoms with Gasteiger partial charge in [-0.1, -0.05) is 54.1 Å². The third-order valence-electron chi connectivity index (χ3n) is 3.30. The van der Waals surface area contributed by atoms with E-state index < -0.39 is 0 Å². The number of hydrazone groups is 1. The van der Waals surface area contributed by atoms with Crippen molar-refractivity contribution < 1.29 is 4.79 Å². The molecule has 3 aromatic rings. The minimum atomic E-state index is -0.270. The molecule has 0 saturated heterocycles. The molecule has 0 saturated carbocycles. The highest BCUT2D eigenvalue weighted by Crippen LogP contribution is 2.16. The van der Waals surface area contributed by atoms with E-state index in [1.165, 1.54) is 0 Å². The first-order valence-electron chi connectivity index (χ1n) is 6.81. The Hall–Kier alpha value is -2.65. The zero-order chi connectivity index (χ0) is 15.4. The summed E-state index contributed by atoms with van der Waals surface area (Å²) in [5.74, 6) is -0.270. The molecule has 3 rings (SSSR count). The molecule has 0 aliphatic heterocycles. The lowest BCUT2D eigenvalue weighted by Gasteiger charge is -2.02. The second-order valence-electron chi connectivity index (χ2n) is 4.77. The number of amides is 1. The number of nitrogens with zero attached hydrogens (tertiary/aromatic N) is 1. The Bertz CT molecular complexity index is 836. The summed E-state index contributed by atoms with van der Waals surface area (Å²) in [6.45, 7) is 0. The average molecular weight is 309 g/mol. The molecule has 0 atom stereocenters. The summed E-state index contributed by atoms with van der Waals surface area (Å²) in [4.78, 5) is 11.9. The summed E-state index contributed by atoms with van der Waals surface area (Å²) in [6.07, 6.45) is 1.65. The van der Waals surface area contributed by atoms with Crippen LogP contribution in [0.3, 0.4) is 0 Å². The summed E-state index contributed by atoms with van der Waals surface area (Å²) in [5.41, 5.74) is 3.99. The maximum atomic E-state index is 11.9. The van der Waals surface area contributed by atoms with Gasteiger partial charge in [-0.2, -0.15) is 5.10 Å². The van der Waals surface area contributed by atoms with Gasteiger partial charge in [0.25, 0.3) is 5.91 Å². The number of rotatable bonds is 3. The van der Waals surface area contributed by atoms with Crippen molar-refractivity contribution in [2.45, 2.75) is 0 Å². The van der Waals surface area contributed by atoms with Crippen molar-refractivity contribution in [3.8, 4) is 0 Å². The van der Waals surface area contributed by atoms with Gasteiger partial charge in [0.2, 0.25) is 0 Å². The largest absolute Gasteiger partial charge is 0.271 e. The molecule has 0 bridgehead atoms. The summed E-state index contributed by atoms with van der Waals surface area (Å²) < 4.78 is 0. The highest BCUT2D eigenvalue weighted by atomic mass is 35.5. The van der Waals surface area contributed by atoms with Crippen LogP contribution < -0.4 is 5.43 Å². The lowest BCUT2D eigenvalue weighted by molar-refractivity contribution is 0.0955. The van der Waals surface area contributed by atoms with Crippen LogP contribution >= 0.6 is 11.6 Å². The Labute approximate surface area is 133 Å². The van der Waals surface area contributed by atoms with Gasteiger partial charge in [0, 0.05) is 16.1 Å². The van der Waals surface area contributed by atoms with Crippen molar-refractivity contribution in [3.63, 3.8) is 0 Å². The van der Waals surface area contributed by atoms with Gasteiger partial charge in [-0.3, -0.25) is 4.79 Å². The fourth-order valence-electron chi connectivity index (χ4n) is 2.19. The first-order valence-corrected chi connectivity index (χ1v) is 7.18. The van der Waals surface area contributed by atoms with Gasteiger partial charge in [0.1, 0.15) is 0 Å². The number of nitrogens with one attached hydrogen (secondary N) is 1. The molecule has 1 N–H and O–H groups in total. The van der Waals surface area contributed by atoms with Gasteiger partial charge in [-0.05, 0) is 35.0 Å². The van der Waals surface area contributed by atoms with E-state index in [1.807, 2.05) is 42.5 Å². The fourth-order valence-corrected chi connectivity index (χ4v) is 2.32. The van der Waals surface area contributed by atoms with Gasteiger partial charge in [-0.25, -0.2) is 5.43 Å². The molecule has 22 heavy (non-hydrogen) atoms. The molecule has 3 aromatic carbocycles. The SMILES string of the molecule is O=C(N/N=C\c1cccc2ccccc12)c1ccc(Cl)cc1. The zero-order valence-corrected chi connectivity index (χ0v) is 12.4. The van der Waals surface area contributed by atoms with Crippen LogP contribution in [0.1, 0.15) is 15.9 Å². The molecule has 4 heteroatoms. The molecule has 0 radical (unpaired) electrons. The Morgan fingerprint density at radius 2 is 1.68 bits per heavy atom. The molecule has 0 aliphatic carbocycles. The van der Waals surface area contributed by atoms with E-state index in [9.17, 15) is 4.79 Å². The number of carbonyl (C=O) groups is 1. The monoisotopic (exact) mass is 308 g/mol. The van der Waals surface area contributed by atoms with Crippen LogP contribution in [0.2, 0.25) is 5.02 Å². The van der Waals surface area contributed by atoms with E-state index in [4.69, 9.17) is 11.6 Å². The smallest absolute Gasteiger partial charge is 0.267 e. The van der Waals surface area contributed by atoms with E-state index in [-0.39, 0.29) is 5.91 Å². The third kappa shape index (κ3) is 3.15. The van der Waals surface area contributed by atoms with Gasteiger partial charge in [0.05, 0.1) is 6.21 Å². The molecule has 108 valence electrons. The maximum absolute atomic E-state index is 11.9. The van der Waals surface area contributed by atoms with E-state index >= 15 is 0 Å². The third-order valence-corrected chi connectivity index (χ3v) is 3.55. The standard InChI is InChI=1S/C18H13ClN2O/c19-16-10-8-14(9-11-16)18(22)21-20-12-15-6-3-5-13-4-1-2-7-17(13)15/h1-12H,(H,21,22)/b20-12-. The Balaban J connectivity index is 1.76. The lowest BCUT2D eigenvalue weighted by atomic mass is 10.1. The topological polar surface area (TPSA) is 41.5 Å². The van der Waals surface area contributed by atoms with Gasteiger partial charge in [-0.15, -0.1) is 0 Å². The predicted molar refractivity (Wildman–Crippen MR) is 90.5 cm³/mol. The number of carbonyl (C=O) groups excluding carboxylic acids is 1. The second kappa shape index (κ2) is 6.41. The summed E-state index contributed by atoms with van der Waals surface area (Å²) in [5, 5.41) is 6.85. The molecule has 0 heterocycles. The summed E-state index contributed by atoms with van der Waals surface area (Å²) >= 11 is 5.79.